The molecule has 1 N–H and O–H groups in total. The fraction of sp³-hybridized carbons (Fsp3) is 0.118. The number of hydrogen-bond acceptors (Lipinski definition) is 2. The normalized spacial score (nSPS) is 11.6. The molecule has 0 saturated heterocycles. The lowest BCUT2D eigenvalue weighted by Gasteiger charge is -2.17. The first-order valence-corrected chi connectivity index (χ1v) is 6.30. The predicted molar refractivity (Wildman–Crippen MR) is 79.6 cm³/mol. The standard InChI is InChI=1S/C17H17NO/c1-2-16(12-14-8-4-3-5-9-14)18-17-11-7-6-10-15(17)13-19/h2-11,13,16,18H,1,12H2/t16-/m0/s1. The van der Waals surface area contributed by atoms with Gasteiger partial charge >= 0.3 is 0 Å². The third-order valence-electron chi connectivity index (χ3n) is 3.01. The molecule has 2 nitrogen and oxygen atoms in total. The molecule has 2 heteroatoms. The average molecular weight is 251 g/mol. The summed E-state index contributed by atoms with van der Waals surface area (Å²) in [6.45, 7) is 3.86. The van der Waals surface area contributed by atoms with E-state index in [0.717, 1.165) is 18.4 Å². The van der Waals surface area contributed by atoms with Crippen LogP contribution in [0, 0.1) is 0 Å². The summed E-state index contributed by atoms with van der Waals surface area (Å²) in [5.74, 6) is 0. The van der Waals surface area contributed by atoms with E-state index in [1.54, 1.807) is 6.07 Å². The topological polar surface area (TPSA) is 29.1 Å². The lowest BCUT2D eigenvalue weighted by atomic mass is 10.1. The highest BCUT2D eigenvalue weighted by molar-refractivity contribution is 5.84. The summed E-state index contributed by atoms with van der Waals surface area (Å²) >= 11 is 0. The van der Waals surface area contributed by atoms with Gasteiger partial charge in [-0.3, -0.25) is 4.79 Å². The maximum absolute atomic E-state index is 11.0. The summed E-state index contributed by atoms with van der Waals surface area (Å²) in [6.07, 6.45) is 3.58. The molecule has 0 unspecified atom stereocenters. The van der Waals surface area contributed by atoms with Gasteiger partial charge in [0.1, 0.15) is 0 Å². The number of para-hydroxylation sites is 1. The molecule has 96 valence electrons. The van der Waals surface area contributed by atoms with Crippen molar-refractivity contribution in [1.82, 2.24) is 0 Å². The maximum atomic E-state index is 11.0. The van der Waals surface area contributed by atoms with Gasteiger partial charge in [-0.1, -0.05) is 48.5 Å². The zero-order valence-corrected chi connectivity index (χ0v) is 10.8. The highest BCUT2D eigenvalue weighted by Gasteiger charge is 2.07. The van der Waals surface area contributed by atoms with E-state index in [1.165, 1.54) is 5.56 Å². The lowest BCUT2D eigenvalue weighted by molar-refractivity contribution is 0.112. The highest BCUT2D eigenvalue weighted by atomic mass is 16.1. The minimum atomic E-state index is 0.100. The smallest absolute Gasteiger partial charge is 0.152 e. The first-order valence-electron chi connectivity index (χ1n) is 6.30. The summed E-state index contributed by atoms with van der Waals surface area (Å²) in [7, 11) is 0. The molecule has 0 bridgehead atoms. The van der Waals surface area contributed by atoms with Crippen LogP contribution < -0.4 is 5.32 Å². The number of nitrogens with one attached hydrogen (secondary N) is 1. The monoisotopic (exact) mass is 251 g/mol. The van der Waals surface area contributed by atoms with E-state index in [2.05, 4.69) is 24.0 Å². The first-order chi connectivity index (χ1) is 9.33. The third kappa shape index (κ3) is 3.55. The Kier molecular flexibility index (Phi) is 4.51. The number of carbonyl (C=O) groups is 1. The molecule has 0 aliphatic carbocycles. The van der Waals surface area contributed by atoms with Crippen molar-refractivity contribution in [2.45, 2.75) is 12.5 Å². The summed E-state index contributed by atoms with van der Waals surface area (Å²) in [5, 5.41) is 3.35. The molecule has 2 rings (SSSR count). The minimum Gasteiger partial charge on any atom is -0.378 e. The second kappa shape index (κ2) is 6.55. The van der Waals surface area contributed by atoms with Gasteiger partial charge in [-0.2, -0.15) is 0 Å². The fourth-order valence-corrected chi connectivity index (χ4v) is 1.99. The molecule has 2 aromatic rings. The number of hydrogen-bond donors (Lipinski definition) is 1. The number of benzene rings is 2. The van der Waals surface area contributed by atoms with Crippen molar-refractivity contribution in [2.24, 2.45) is 0 Å². The van der Waals surface area contributed by atoms with Crippen LogP contribution in [-0.2, 0) is 6.42 Å². The molecule has 0 saturated carbocycles. The van der Waals surface area contributed by atoms with E-state index < -0.39 is 0 Å². The van der Waals surface area contributed by atoms with Gasteiger partial charge in [0.15, 0.2) is 6.29 Å². The van der Waals surface area contributed by atoms with E-state index in [1.807, 2.05) is 42.5 Å². The Morgan fingerprint density at radius 2 is 1.74 bits per heavy atom. The molecule has 0 aliphatic heterocycles. The molecule has 1 atom stereocenters. The van der Waals surface area contributed by atoms with Crippen LogP contribution in [0.15, 0.2) is 67.3 Å². The Morgan fingerprint density at radius 1 is 1.05 bits per heavy atom. The number of anilines is 1. The van der Waals surface area contributed by atoms with Gasteiger partial charge in [-0.05, 0) is 24.1 Å². The van der Waals surface area contributed by atoms with Gasteiger partial charge in [0.05, 0.1) is 0 Å². The molecular formula is C17H17NO. The van der Waals surface area contributed by atoms with Crippen LogP contribution in [-0.4, -0.2) is 12.3 Å². The second-order valence-electron chi connectivity index (χ2n) is 4.38. The highest BCUT2D eigenvalue weighted by Crippen LogP contribution is 2.16. The lowest BCUT2D eigenvalue weighted by Crippen LogP contribution is -2.20. The van der Waals surface area contributed by atoms with Gasteiger partial charge in [-0.15, -0.1) is 6.58 Å². The molecule has 0 aromatic heterocycles. The van der Waals surface area contributed by atoms with Crippen molar-refractivity contribution in [1.29, 1.82) is 0 Å². The van der Waals surface area contributed by atoms with Crippen LogP contribution >= 0.6 is 0 Å². The van der Waals surface area contributed by atoms with Crippen molar-refractivity contribution in [3.05, 3.63) is 78.4 Å². The van der Waals surface area contributed by atoms with Crippen molar-refractivity contribution in [2.75, 3.05) is 5.32 Å². The van der Waals surface area contributed by atoms with E-state index in [-0.39, 0.29) is 6.04 Å². The maximum Gasteiger partial charge on any atom is 0.152 e. The van der Waals surface area contributed by atoms with E-state index >= 15 is 0 Å². The Hall–Kier alpha value is -2.35. The summed E-state index contributed by atoms with van der Waals surface area (Å²) in [5.41, 5.74) is 2.75. The molecule has 0 aliphatic rings. The molecule has 0 heterocycles. The van der Waals surface area contributed by atoms with E-state index in [4.69, 9.17) is 0 Å². The zero-order chi connectivity index (χ0) is 13.5. The number of carbonyl (C=O) groups excluding carboxylic acids is 1. The number of rotatable bonds is 6. The Morgan fingerprint density at radius 3 is 2.42 bits per heavy atom. The molecular weight excluding hydrogens is 234 g/mol. The minimum absolute atomic E-state index is 0.100. The predicted octanol–water partition coefficient (Wildman–Crippen LogP) is 3.71. The van der Waals surface area contributed by atoms with Crippen LogP contribution in [0.5, 0.6) is 0 Å². The van der Waals surface area contributed by atoms with Crippen molar-refractivity contribution in [3.8, 4) is 0 Å². The second-order valence-corrected chi connectivity index (χ2v) is 4.38. The zero-order valence-electron chi connectivity index (χ0n) is 10.8. The van der Waals surface area contributed by atoms with Gasteiger partial charge in [0, 0.05) is 17.3 Å². The molecule has 2 aromatic carbocycles. The van der Waals surface area contributed by atoms with E-state index in [0.29, 0.717) is 5.56 Å². The molecule has 19 heavy (non-hydrogen) atoms. The molecule has 0 fully saturated rings. The Balaban J connectivity index is 2.11. The van der Waals surface area contributed by atoms with Crippen molar-refractivity contribution >= 4 is 12.0 Å². The quantitative estimate of drug-likeness (QED) is 0.626. The van der Waals surface area contributed by atoms with Crippen LogP contribution in [0.1, 0.15) is 15.9 Å². The molecule has 0 amide bonds. The Bertz CT molecular complexity index is 548. The van der Waals surface area contributed by atoms with Gasteiger partial charge in [0.25, 0.3) is 0 Å². The third-order valence-corrected chi connectivity index (χ3v) is 3.01. The number of aldehydes is 1. The van der Waals surface area contributed by atoms with Gasteiger partial charge in [0.2, 0.25) is 0 Å². The largest absolute Gasteiger partial charge is 0.378 e. The summed E-state index contributed by atoms with van der Waals surface area (Å²) < 4.78 is 0. The van der Waals surface area contributed by atoms with Crippen LogP contribution in [0.4, 0.5) is 5.69 Å². The van der Waals surface area contributed by atoms with Crippen LogP contribution in [0.3, 0.4) is 0 Å². The average Bonchev–Trinajstić information content (AvgIpc) is 2.48. The molecule has 0 radical (unpaired) electrons. The fourth-order valence-electron chi connectivity index (χ4n) is 1.99. The first kappa shape index (κ1) is 13.1. The van der Waals surface area contributed by atoms with Crippen molar-refractivity contribution < 1.29 is 4.79 Å². The Labute approximate surface area is 113 Å². The summed E-state index contributed by atoms with van der Waals surface area (Å²) in [6, 6.07) is 17.8. The van der Waals surface area contributed by atoms with Gasteiger partial charge in [-0.25, -0.2) is 0 Å². The molecule has 0 spiro atoms. The summed E-state index contributed by atoms with van der Waals surface area (Å²) in [4.78, 5) is 11.0. The van der Waals surface area contributed by atoms with Crippen LogP contribution in [0.2, 0.25) is 0 Å². The van der Waals surface area contributed by atoms with Crippen LogP contribution in [0.25, 0.3) is 0 Å². The van der Waals surface area contributed by atoms with Gasteiger partial charge < -0.3 is 5.32 Å². The van der Waals surface area contributed by atoms with E-state index in [9.17, 15) is 4.79 Å². The van der Waals surface area contributed by atoms with Crippen molar-refractivity contribution in [3.63, 3.8) is 0 Å². The SMILES string of the molecule is C=C[C@@H](Cc1ccccc1)Nc1ccccc1C=O.